The monoisotopic (exact) mass is 354 g/mol. The van der Waals surface area contributed by atoms with Gasteiger partial charge in [-0.05, 0) is 49.2 Å². The van der Waals surface area contributed by atoms with Gasteiger partial charge in [-0.15, -0.1) is 0 Å². The number of anilines is 1. The minimum Gasteiger partial charge on any atom is -0.493 e. The van der Waals surface area contributed by atoms with Gasteiger partial charge in [0.25, 0.3) is 5.91 Å². The molecule has 1 heterocycles. The molecular weight excluding hydrogens is 328 g/mol. The Hall–Kier alpha value is -2.69. The molecule has 1 aliphatic rings. The fraction of sp³-hybridized carbons (Fsp3) is 0.381. The summed E-state index contributed by atoms with van der Waals surface area (Å²) in [5, 5.41) is 0. The van der Waals surface area contributed by atoms with E-state index in [1.54, 1.807) is 7.11 Å². The van der Waals surface area contributed by atoms with Crippen LogP contribution in [-0.2, 0) is 4.79 Å². The van der Waals surface area contributed by atoms with Crippen molar-refractivity contribution in [1.29, 1.82) is 0 Å². The normalized spacial score (nSPS) is 14.3. The summed E-state index contributed by atoms with van der Waals surface area (Å²) in [5.74, 6) is 1.24. The Labute approximate surface area is 155 Å². The first-order valence-electron chi connectivity index (χ1n) is 8.93. The Morgan fingerprint density at radius 1 is 0.962 bits per heavy atom. The number of nitrogens with zero attached hydrogens (tertiary/aromatic N) is 2. The van der Waals surface area contributed by atoms with E-state index >= 15 is 0 Å². The van der Waals surface area contributed by atoms with Crippen LogP contribution in [0.25, 0.3) is 0 Å². The van der Waals surface area contributed by atoms with E-state index in [0.717, 1.165) is 13.1 Å². The Morgan fingerprint density at radius 2 is 1.58 bits per heavy atom. The highest BCUT2D eigenvalue weighted by molar-refractivity contribution is 5.78. The minimum absolute atomic E-state index is 0.0102. The maximum Gasteiger partial charge on any atom is 0.260 e. The van der Waals surface area contributed by atoms with Gasteiger partial charge in [0.1, 0.15) is 0 Å². The fourth-order valence-electron chi connectivity index (χ4n) is 3.32. The standard InChI is InChI=1S/C21H26N2O3/c1-16-12-17(2)14-18(13-16)22-8-10-23(11-9-22)21(24)15-26-20-7-5-4-6-19(20)25-3/h4-7,12-14H,8-11,15H2,1-3H3. The fourth-order valence-corrected chi connectivity index (χ4v) is 3.32. The number of piperazine rings is 1. The van der Waals surface area contributed by atoms with E-state index < -0.39 is 0 Å². The molecule has 26 heavy (non-hydrogen) atoms. The van der Waals surface area contributed by atoms with Crippen molar-refractivity contribution in [2.24, 2.45) is 0 Å². The third-order valence-electron chi connectivity index (χ3n) is 4.62. The molecule has 138 valence electrons. The molecule has 1 amide bonds. The van der Waals surface area contributed by atoms with Gasteiger partial charge in [0, 0.05) is 31.9 Å². The number of methoxy groups -OCH3 is 1. The van der Waals surface area contributed by atoms with Crippen molar-refractivity contribution in [3.63, 3.8) is 0 Å². The number of hydrogen-bond donors (Lipinski definition) is 0. The lowest BCUT2D eigenvalue weighted by molar-refractivity contribution is -0.133. The molecule has 0 saturated carbocycles. The summed E-state index contributed by atoms with van der Waals surface area (Å²) in [4.78, 5) is 16.7. The smallest absolute Gasteiger partial charge is 0.260 e. The molecule has 2 aromatic rings. The van der Waals surface area contributed by atoms with Crippen LogP contribution in [0.5, 0.6) is 11.5 Å². The van der Waals surface area contributed by atoms with Gasteiger partial charge >= 0.3 is 0 Å². The number of amides is 1. The molecule has 0 bridgehead atoms. The first-order valence-corrected chi connectivity index (χ1v) is 8.93. The van der Waals surface area contributed by atoms with Gasteiger partial charge in [-0.2, -0.15) is 0 Å². The van der Waals surface area contributed by atoms with E-state index in [4.69, 9.17) is 9.47 Å². The van der Waals surface area contributed by atoms with Gasteiger partial charge < -0.3 is 19.3 Å². The van der Waals surface area contributed by atoms with Gasteiger partial charge in [-0.3, -0.25) is 4.79 Å². The van der Waals surface area contributed by atoms with Crippen molar-refractivity contribution < 1.29 is 14.3 Å². The molecule has 0 aliphatic carbocycles. The van der Waals surface area contributed by atoms with Crippen molar-refractivity contribution in [2.45, 2.75) is 13.8 Å². The molecule has 0 unspecified atom stereocenters. The van der Waals surface area contributed by atoms with Crippen molar-refractivity contribution in [1.82, 2.24) is 4.90 Å². The molecule has 0 spiro atoms. The van der Waals surface area contributed by atoms with Crippen LogP contribution in [0.2, 0.25) is 0 Å². The number of hydrogen-bond acceptors (Lipinski definition) is 4. The Kier molecular flexibility index (Phi) is 5.66. The second-order valence-corrected chi connectivity index (χ2v) is 6.65. The number of para-hydroxylation sites is 2. The molecule has 1 saturated heterocycles. The highest BCUT2D eigenvalue weighted by Gasteiger charge is 2.22. The van der Waals surface area contributed by atoms with Crippen molar-refractivity contribution in [2.75, 3.05) is 44.8 Å². The Balaban J connectivity index is 1.53. The SMILES string of the molecule is COc1ccccc1OCC(=O)N1CCN(c2cc(C)cc(C)c2)CC1. The van der Waals surface area contributed by atoms with E-state index in [0.29, 0.717) is 24.6 Å². The van der Waals surface area contributed by atoms with Crippen LogP contribution in [0.3, 0.4) is 0 Å². The van der Waals surface area contributed by atoms with E-state index in [-0.39, 0.29) is 12.5 Å². The molecule has 0 atom stereocenters. The average molecular weight is 354 g/mol. The van der Waals surface area contributed by atoms with Gasteiger partial charge in [0.2, 0.25) is 0 Å². The van der Waals surface area contributed by atoms with E-state index in [1.807, 2.05) is 29.2 Å². The lowest BCUT2D eigenvalue weighted by Crippen LogP contribution is -2.50. The van der Waals surface area contributed by atoms with Crippen LogP contribution in [-0.4, -0.2) is 50.7 Å². The molecule has 0 aromatic heterocycles. The summed E-state index contributed by atoms with van der Waals surface area (Å²) >= 11 is 0. The second-order valence-electron chi connectivity index (χ2n) is 6.65. The number of rotatable bonds is 5. The van der Waals surface area contributed by atoms with Crippen LogP contribution in [0.4, 0.5) is 5.69 Å². The summed E-state index contributed by atoms with van der Waals surface area (Å²) in [7, 11) is 1.59. The van der Waals surface area contributed by atoms with E-state index in [2.05, 4.69) is 36.9 Å². The van der Waals surface area contributed by atoms with Gasteiger partial charge in [0.05, 0.1) is 7.11 Å². The molecule has 5 nitrogen and oxygen atoms in total. The molecular formula is C21H26N2O3. The van der Waals surface area contributed by atoms with Crippen LogP contribution < -0.4 is 14.4 Å². The van der Waals surface area contributed by atoms with Crippen molar-refractivity contribution >= 4 is 11.6 Å². The topological polar surface area (TPSA) is 42.0 Å². The summed E-state index contributed by atoms with van der Waals surface area (Å²) in [6.07, 6.45) is 0. The summed E-state index contributed by atoms with van der Waals surface area (Å²) in [6, 6.07) is 14.0. The third-order valence-corrected chi connectivity index (χ3v) is 4.62. The molecule has 1 aliphatic heterocycles. The van der Waals surface area contributed by atoms with E-state index in [9.17, 15) is 4.79 Å². The lowest BCUT2D eigenvalue weighted by Gasteiger charge is -2.36. The first-order chi connectivity index (χ1) is 12.6. The van der Waals surface area contributed by atoms with Gasteiger partial charge in [0.15, 0.2) is 18.1 Å². The summed E-state index contributed by atoms with van der Waals surface area (Å²) in [5.41, 5.74) is 3.77. The Morgan fingerprint density at radius 3 is 2.19 bits per heavy atom. The van der Waals surface area contributed by atoms with E-state index in [1.165, 1.54) is 16.8 Å². The number of carbonyl (C=O) groups is 1. The predicted octanol–water partition coefficient (Wildman–Crippen LogP) is 3.04. The highest BCUT2D eigenvalue weighted by atomic mass is 16.5. The van der Waals surface area contributed by atoms with Crippen LogP contribution in [0, 0.1) is 13.8 Å². The van der Waals surface area contributed by atoms with Crippen LogP contribution in [0.1, 0.15) is 11.1 Å². The zero-order valence-electron chi connectivity index (χ0n) is 15.7. The van der Waals surface area contributed by atoms with Gasteiger partial charge in [-0.25, -0.2) is 0 Å². The number of benzene rings is 2. The maximum absolute atomic E-state index is 12.5. The lowest BCUT2D eigenvalue weighted by atomic mass is 10.1. The number of ether oxygens (including phenoxy) is 2. The maximum atomic E-state index is 12.5. The zero-order valence-corrected chi connectivity index (χ0v) is 15.7. The average Bonchev–Trinajstić information content (AvgIpc) is 2.65. The molecule has 2 aromatic carbocycles. The number of aryl methyl sites for hydroxylation is 2. The first kappa shape index (κ1) is 18.1. The molecule has 5 heteroatoms. The Bertz CT molecular complexity index is 747. The zero-order chi connectivity index (χ0) is 18.5. The molecule has 3 rings (SSSR count). The minimum atomic E-state index is 0.0102. The largest absolute Gasteiger partial charge is 0.493 e. The molecule has 1 fully saturated rings. The van der Waals surface area contributed by atoms with Gasteiger partial charge in [-0.1, -0.05) is 18.2 Å². The summed E-state index contributed by atoms with van der Waals surface area (Å²) < 4.78 is 10.9. The number of carbonyl (C=O) groups excluding carboxylic acids is 1. The van der Waals surface area contributed by atoms with Crippen LogP contribution >= 0.6 is 0 Å². The highest BCUT2D eigenvalue weighted by Crippen LogP contribution is 2.26. The quantitative estimate of drug-likeness (QED) is 0.828. The van der Waals surface area contributed by atoms with Crippen LogP contribution in [0.15, 0.2) is 42.5 Å². The molecule has 0 radical (unpaired) electrons. The summed E-state index contributed by atoms with van der Waals surface area (Å²) in [6.45, 7) is 7.36. The molecule has 0 N–H and O–H groups in total. The van der Waals surface area contributed by atoms with Crippen molar-refractivity contribution in [3.05, 3.63) is 53.6 Å². The predicted molar refractivity (Wildman–Crippen MR) is 103 cm³/mol. The second kappa shape index (κ2) is 8.13. The van der Waals surface area contributed by atoms with Crippen molar-refractivity contribution in [3.8, 4) is 11.5 Å². The third kappa shape index (κ3) is 4.28.